The molecule has 2 rings (SSSR count). The van der Waals surface area contributed by atoms with Crippen LogP contribution < -0.4 is 0 Å². The molecule has 0 bridgehead atoms. The SMILES string of the molecule is CCCCCC(C=Nc1ccc(CCCCC)c(CCCCC)c1)=Nc1ccc(CCCCC)c(CCCCC)c1.[Ni]. The standard InChI is InChI=1S/C39H62N2.Ni/c1-6-11-16-21-33-26-28-37(30-35(33)23-18-13-8-3)40-32-39(25-20-15-10-5)41-38-29-27-34(22-17-12-7-2)36(31-38)24-19-14-9-4;/h26-32H,6-25H2,1-5H3;. The van der Waals surface area contributed by atoms with Crippen molar-refractivity contribution in [3.05, 3.63) is 58.7 Å². The topological polar surface area (TPSA) is 24.7 Å². The van der Waals surface area contributed by atoms with E-state index in [1.165, 1.54) is 144 Å². The summed E-state index contributed by atoms with van der Waals surface area (Å²) >= 11 is 0. The van der Waals surface area contributed by atoms with Crippen molar-refractivity contribution in [3.8, 4) is 0 Å². The number of hydrogen-bond acceptors (Lipinski definition) is 2. The molecule has 238 valence electrons. The van der Waals surface area contributed by atoms with Crippen molar-refractivity contribution in [1.82, 2.24) is 0 Å². The van der Waals surface area contributed by atoms with Gasteiger partial charge in [-0.2, -0.15) is 0 Å². The van der Waals surface area contributed by atoms with Crippen LogP contribution in [0.4, 0.5) is 11.4 Å². The maximum atomic E-state index is 5.19. The molecule has 0 aromatic heterocycles. The first kappa shape index (κ1) is 38.3. The molecular formula is C39H62N2Ni. The van der Waals surface area contributed by atoms with Gasteiger partial charge >= 0.3 is 0 Å². The van der Waals surface area contributed by atoms with Gasteiger partial charge in [0.25, 0.3) is 0 Å². The van der Waals surface area contributed by atoms with Crippen LogP contribution in [-0.2, 0) is 42.2 Å². The molecule has 0 N–H and O–H groups in total. The van der Waals surface area contributed by atoms with E-state index in [1.807, 2.05) is 0 Å². The van der Waals surface area contributed by atoms with Crippen molar-refractivity contribution in [2.24, 2.45) is 9.98 Å². The van der Waals surface area contributed by atoms with Crippen molar-refractivity contribution < 1.29 is 16.5 Å². The van der Waals surface area contributed by atoms with Gasteiger partial charge in [-0.3, -0.25) is 9.98 Å². The van der Waals surface area contributed by atoms with Crippen molar-refractivity contribution in [2.45, 2.75) is 163 Å². The van der Waals surface area contributed by atoms with E-state index >= 15 is 0 Å². The van der Waals surface area contributed by atoms with E-state index < -0.39 is 0 Å². The summed E-state index contributed by atoms with van der Waals surface area (Å²) in [6.07, 6.45) is 26.8. The van der Waals surface area contributed by atoms with Gasteiger partial charge in [-0.1, -0.05) is 111 Å². The summed E-state index contributed by atoms with van der Waals surface area (Å²) in [6, 6.07) is 13.9. The third kappa shape index (κ3) is 15.7. The molecule has 2 aromatic rings. The molecule has 0 unspecified atom stereocenters. The molecule has 0 atom stereocenters. The van der Waals surface area contributed by atoms with Crippen LogP contribution in [0.2, 0.25) is 0 Å². The van der Waals surface area contributed by atoms with Crippen molar-refractivity contribution in [1.29, 1.82) is 0 Å². The molecule has 0 radical (unpaired) electrons. The minimum absolute atomic E-state index is 0. The van der Waals surface area contributed by atoms with Crippen molar-refractivity contribution in [3.63, 3.8) is 0 Å². The third-order valence-corrected chi connectivity index (χ3v) is 8.25. The minimum Gasteiger partial charge on any atom is -0.255 e. The number of benzene rings is 2. The van der Waals surface area contributed by atoms with Gasteiger partial charge in [0.1, 0.15) is 0 Å². The van der Waals surface area contributed by atoms with Crippen LogP contribution >= 0.6 is 0 Å². The molecule has 0 saturated heterocycles. The number of aliphatic imine (C=N–C) groups is 2. The minimum atomic E-state index is 0. The van der Waals surface area contributed by atoms with Crippen LogP contribution in [0, 0.1) is 0 Å². The normalized spacial score (nSPS) is 11.8. The molecule has 0 saturated carbocycles. The van der Waals surface area contributed by atoms with Gasteiger partial charge in [-0.05, 0) is 111 Å². The Morgan fingerprint density at radius 3 is 1.38 bits per heavy atom. The predicted molar refractivity (Wildman–Crippen MR) is 185 cm³/mol. The second kappa shape index (κ2) is 24.7. The first-order chi connectivity index (χ1) is 20.1. The number of aryl methyl sites for hydroxylation is 4. The Morgan fingerprint density at radius 1 is 0.500 bits per heavy atom. The summed E-state index contributed by atoms with van der Waals surface area (Å²) in [7, 11) is 0. The zero-order valence-electron chi connectivity index (χ0n) is 27.9. The van der Waals surface area contributed by atoms with Gasteiger partial charge in [-0.15, -0.1) is 0 Å². The van der Waals surface area contributed by atoms with Gasteiger partial charge in [0.05, 0.1) is 17.1 Å². The molecule has 2 aromatic carbocycles. The molecule has 3 heteroatoms. The second-order valence-electron chi connectivity index (χ2n) is 12.1. The molecule has 0 heterocycles. The quantitative estimate of drug-likeness (QED) is 0.0673. The van der Waals surface area contributed by atoms with Crippen LogP contribution in [0.3, 0.4) is 0 Å². The Bertz CT molecular complexity index is 1020. The third-order valence-electron chi connectivity index (χ3n) is 8.25. The molecule has 0 amide bonds. The van der Waals surface area contributed by atoms with Crippen LogP contribution in [0.1, 0.15) is 160 Å². The molecule has 0 spiro atoms. The van der Waals surface area contributed by atoms with Crippen LogP contribution in [0.5, 0.6) is 0 Å². The fourth-order valence-corrected chi connectivity index (χ4v) is 5.61. The van der Waals surface area contributed by atoms with Gasteiger partial charge in [-0.25, -0.2) is 0 Å². The Labute approximate surface area is 270 Å². The van der Waals surface area contributed by atoms with Gasteiger partial charge in [0, 0.05) is 22.7 Å². The molecule has 42 heavy (non-hydrogen) atoms. The molecular weight excluding hydrogens is 555 g/mol. The van der Waals surface area contributed by atoms with Gasteiger partial charge in [0.15, 0.2) is 0 Å². The summed E-state index contributed by atoms with van der Waals surface area (Å²) in [4.78, 5) is 10.2. The van der Waals surface area contributed by atoms with E-state index in [-0.39, 0.29) is 16.5 Å². The predicted octanol–water partition coefficient (Wildman–Crippen LogP) is 12.7. The fourth-order valence-electron chi connectivity index (χ4n) is 5.61. The summed E-state index contributed by atoms with van der Waals surface area (Å²) in [5.74, 6) is 0. The Morgan fingerprint density at radius 2 is 0.905 bits per heavy atom. The molecule has 0 aliphatic carbocycles. The first-order valence-corrected chi connectivity index (χ1v) is 17.5. The monoisotopic (exact) mass is 616 g/mol. The van der Waals surface area contributed by atoms with Gasteiger partial charge < -0.3 is 0 Å². The summed E-state index contributed by atoms with van der Waals surface area (Å²) in [5, 5.41) is 0. The van der Waals surface area contributed by atoms with E-state index in [2.05, 4.69) is 77.2 Å². The summed E-state index contributed by atoms with van der Waals surface area (Å²) < 4.78 is 0. The Balaban J connectivity index is 0.00000882. The van der Waals surface area contributed by atoms with Crippen LogP contribution in [-0.4, -0.2) is 11.9 Å². The van der Waals surface area contributed by atoms with E-state index in [4.69, 9.17) is 9.98 Å². The zero-order valence-corrected chi connectivity index (χ0v) is 28.9. The Hall–Kier alpha value is -1.73. The second-order valence-corrected chi connectivity index (χ2v) is 12.1. The Kier molecular flexibility index (Phi) is 22.5. The van der Waals surface area contributed by atoms with Crippen LogP contribution in [0.25, 0.3) is 0 Å². The smallest absolute Gasteiger partial charge is 0.0636 e. The molecule has 0 aliphatic rings. The van der Waals surface area contributed by atoms with Crippen molar-refractivity contribution >= 4 is 23.3 Å². The number of rotatable bonds is 23. The average Bonchev–Trinajstić information content (AvgIpc) is 2.98. The first-order valence-electron chi connectivity index (χ1n) is 17.5. The fraction of sp³-hybridized carbons (Fsp3) is 0.641. The van der Waals surface area contributed by atoms with E-state index in [0.717, 1.165) is 23.5 Å². The largest absolute Gasteiger partial charge is 0.255 e. The maximum absolute atomic E-state index is 5.19. The molecule has 0 fully saturated rings. The van der Waals surface area contributed by atoms with E-state index in [9.17, 15) is 0 Å². The number of nitrogens with zero attached hydrogens (tertiary/aromatic N) is 2. The number of hydrogen-bond donors (Lipinski definition) is 0. The molecule has 0 aliphatic heterocycles. The number of unbranched alkanes of at least 4 members (excludes halogenated alkanes) is 10. The summed E-state index contributed by atoms with van der Waals surface area (Å²) in [5.41, 5.74) is 9.35. The molecule has 2 nitrogen and oxygen atoms in total. The van der Waals surface area contributed by atoms with Crippen molar-refractivity contribution in [2.75, 3.05) is 0 Å². The van der Waals surface area contributed by atoms with Crippen LogP contribution in [0.15, 0.2) is 46.4 Å². The zero-order chi connectivity index (χ0) is 29.5. The summed E-state index contributed by atoms with van der Waals surface area (Å²) in [6.45, 7) is 11.4. The maximum Gasteiger partial charge on any atom is 0.0636 e. The van der Waals surface area contributed by atoms with Gasteiger partial charge in [0.2, 0.25) is 0 Å². The van der Waals surface area contributed by atoms with E-state index in [0.29, 0.717) is 0 Å². The van der Waals surface area contributed by atoms with E-state index in [1.54, 1.807) is 0 Å². The average molecular weight is 618 g/mol.